The lowest BCUT2D eigenvalue weighted by molar-refractivity contribution is -0.228. The maximum absolute atomic E-state index is 14.1. The highest BCUT2D eigenvalue weighted by Gasteiger charge is 2.50. The predicted octanol–water partition coefficient (Wildman–Crippen LogP) is 5.06. The van der Waals surface area contributed by atoms with E-state index < -0.39 is 41.8 Å². The molecule has 0 saturated carbocycles. The van der Waals surface area contributed by atoms with Gasteiger partial charge in [0.2, 0.25) is 5.88 Å². The third-order valence-corrected chi connectivity index (χ3v) is 9.67. The lowest BCUT2D eigenvalue weighted by Gasteiger charge is -2.53. The van der Waals surface area contributed by atoms with Gasteiger partial charge in [-0.3, -0.25) is 0 Å². The summed E-state index contributed by atoms with van der Waals surface area (Å²) in [6.07, 6.45) is -1.09. The van der Waals surface area contributed by atoms with E-state index in [1.54, 1.807) is 31.2 Å². The molecule has 3 atom stereocenters. The van der Waals surface area contributed by atoms with E-state index in [2.05, 4.69) is 36.7 Å². The van der Waals surface area contributed by atoms with Gasteiger partial charge in [0, 0.05) is 30.1 Å². The summed E-state index contributed by atoms with van der Waals surface area (Å²) in [6.45, 7) is 5.52. The van der Waals surface area contributed by atoms with Gasteiger partial charge >= 0.3 is 5.97 Å². The third-order valence-electron chi connectivity index (χ3n) is 9.67. The first-order chi connectivity index (χ1) is 24.6. The summed E-state index contributed by atoms with van der Waals surface area (Å²) in [4.78, 5) is 33.1. The number of aromatic nitrogens is 4. The fourth-order valence-electron chi connectivity index (χ4n) is 6.90. The molecule has 3 aliphatic rings. The van der Waals surface area contributed by atoms with E-state index in [1.165, 1.54) is 17.2 Å². The van der Waals surface area contributed by atoms with Crippen molar-refractivity contribution < 1.29 is 41.7 Å². The molecular weight excluding hydrogens is 669 g/mol. The number of para-hydroxylation sites is 1. The highest BCUT2D eigenvalue weighted by Crippen LogP contribution is 2.41. The predicted molar refractivity (Wildman–Crippen MR) is 178 cm³/mol. The SMILES string of the molecule is Cc1cc(F)cnc1C#Cc1cnc(O[C@H]2C[C@@H](C(=O)O)N(c3nc(C(F)F)nc4c3oc3ccccc34)C2)c(N2CCOC3(COC3)[C@@H]2C)c1. The number of carboxylic acid groups (broad SMARTS) is 1. The van der Waals surface area contributed by atoms with Crippen molar-refractivity contribution in [2.24, 2.45) is 0 Å². The summed E-state index contributed by atoms with van der Waals surface area (Å²) in [5.74, 6) is 3.87. The molecule has 8 rings (SSSR count). The molecule has 0 amide bonds. The van der Waals surface area contributed by atoms with E-state index in [1.807, 2.05) is 13.0 Å². The lowest BCUT2D eigenvalue weighted by Crippen LogP contribution is -2.68. The number of halogens is 3. The van der Waals surface area contributed by atoms with Gasteiger partial charge in [0.1, 0.15) is 46.0 Å². The summed E-state index contributed by atoms with van der Waals surface area (Å²) in [5.41, 5.74) is 2.34. The molecule has 0 aliphatic carbocycles. The number of hydrogen-bond acceptors (Lipinski definition) is 11. The number of ether oxygens (including phenoxy) is 3. The average Bonchev–Trinajstić information content (AvgIpc) is 3.69. The van der Waals surface area contributed by atoms with Crippen molar-refractivity contribution in [3.63, 3.8) is 0 Å². The number of pyridine rings is 2. The first kappa shape index (κ1) is 32.7. The van der Waals surface area contributed by atoms with E-state index in [4.69, 9.17) is 18.6 Å². The number of carbonyl (C=O) groups is 1. The minimum absolute atomic E-state index is 0.000296. The minimum Gasteiger partial charge on any atom is -0.480 e. The topological polar surface area (TPSA) is 136 Å². The summed E-state index contributed by atoms with van der Waals surface area (Å²) in [5, 5.41) is 10.8. The standard InChI is InChI=1S/C36H31F3N6O6/c1-19-11-22(37)15-40-25(19)8-7-21-12-26(44-9-10-49-36(20(44)2)17-48-18-36)34(41-14-21)50-23-13-27(35(46)47)45(16-23)33-30-29(42-32(43-33)31(38)39)24-5-3-4-6-28(24)51-30/h3-6,11-12,14-15,20,23,27,31H,9-10,13,16-18H2,1-2H3,(H,46,47)/t20-,23-,27-/m0/s1. The number of rotatable bonds is 6. The quantitative estimate of drug-likeness (QED) is 0.237. The van der Waals surface area contributed by atoms with Crippen molar-refractivity contribution in [2.45, 2.75) is 50.5 Å². The molecule has 3 saturated heterocycles. The largest absolute Gasteiger partial charge is 0.480 e. The fourth-order valence-corrected chi connectivity index (χ4v) is 6.90. The molecule has 5 aromatic rings. The molecule has 7 heterocycles. The molecule has 3 fully saturated rings. The number of anilines is 2. The first-order valence-electron chi connectivity index (χ1n) is 16.4. The zero-order chi connectivity index (χ0) is 35.4. The third kappa shape index (κ3) is 5.83. The molecular formula is C36H31F3N6O6. The van der Waals surface area contributed by atoms with Crippen LogP contribution < -0.4 is 14.5 Å². The number of aryl methyl sites for hydroxylation is 1. The Bertz CT molecular complexity index is 2230. The smallest absolute Gasteiger partial charge is 0.326 e. The van der Waals surface area contributed by atoms with Crippen molar-refractivity contribution in [1.29, 1.82) is 0 Å². The summed E-state index contributed by atoms with van der Waals surface area (Å²) < 4.78 is 66.0. The minimum atomic E-state index is -3.00. The van der Waals surface area contributed by atoms with Gasteiger partial charge < -0.3 is 33.5 Å². The average molecular weight is 701 g/mol. The molecule has 15 heteroatoms. The number of fused-ring (bicyclic) bond motifs is 3. The van der Waals surface area contributed by atoms with Crippen molar-refractivity contribution in [3.05, 3.63) is 77.3 Å². The Hall–Kier alpha value is -5.46. The number of morpholine rings is 1. The van der Waals surface area contributed by atoms with Crippen LogP contribution in [0.5, 0.6) is 5.88 Å². The Balaban J connectivity index is 1.16. The number of nitrogens with zero attached hydrogens (tertiary/aromatic N) is 6. The van der Waals surface area contributed by atoms with Gasteiger partial charge in [-0.15, -0.1) is 0 Å². The van der Waals surface area contributed by atoms with Crippen LogP contribution in [0.1, 0.15) is 42.4 Å². The van der Waals surface area contributed by atoms with Crippen molar-refractivity contribution in [2.75, 3.05) is 42.7 Å². The lowest BCUT2D eigenvalue weighted by atomic mass is 9.90. The van der Waals surface area contributed by atoms with Gasteiger partial charge in [-0.2, -0.15) is 0 Å². The van der Waals surface area contributed by atoms with E-state index in [-0.39, 0.29) is 41.8 Å². The second-order valence-electron chi connectivity index (χ2n) is 12.9. The Kier molecular flexibility index (Phi) is 8.15. The summed E-state index contributed by atoms with van der Waals surface area (Å²) in [6, 6.07) is 8.72. The van der Waals surface area contributed by atoms with Crippen molar-refractivity contribution in [3.8, 4) is 17.7 Å². The van der Waals surface area contributed by atoms with Crippen LogP contribution >= 0.6 is 0 Å². The Morgan fingerprint density at radius 1 is 1.12 bits per heavy atom. The Morgan fingerprint density at radius 3 is 2.69 bits per heavy atom. The van der Waals surface area contributed by atoms with E-state index in [0.717, 1.165) is 6.20 Å². The summed E-state index contributed by atoms with van der Waals surface area (Å²) >= 11 is 0. The Morgan fingerprint density at radius 2 is 1.94 bits per heavy atom. The number of alkyl halides is 2. The number of benzene rings is 1. The molecule has 0 bridgehead atoms. The van der Waals surface area contributed by atoms with Gasteiger partial charge in [-0.1, -0.05) is 18.1 Å². The number of furan rings is 1. The van der Waals surface area contributed by atoms with Crippen LogP contribution in [0.15, 0.2) is 53.2 Å². The molecule has 12 nitrogen and oxygen atoms in total. The maximum atomic E-state index is 14.1. The van der Waals surface area contributed by atoms with E-state index >= 15 is 0 Å². The van der Waals surface area contributed by atoms with Crippen LogP contribution in [0, 0.1) is 24.6 Å². The molecule has 1 N–H and O–H groups in total. The van der Waals surface area contributed by atoms with Crippen molar-refractivity contribution in [1.82, 2.24) is 19.9 Å². The number of carboxylic acids is 1. The van der Waals surface area contributed by atoms with Gasteiger partial charge in [-0.05, 0) is 49.6 Å². The van der Waals surface area contributed by atoms with Crippen LogP contribution in [0.3, 0.4) is 0 Å². The molecule has 51 heavy (non-hydrogen) atoms. The van der Waals surface area contributed by atoms with Crippen LogP contribution in [0.25, 0.3) is 22.1 Å². The maximum Gasteiger partial charge on any atom is 0.326 e. The highest BCUT2D eigenvalue weighted by molar-refractivity contribution is 6.06. The molecule has 262 valence electrons. The summed E-state index contributed by atoms with van der Waals surface area (Å²) in [7, 11) is 0. The van der Waals surface area contributed by atoms with Crippen LogP contribution in [-0.4, -0.2) is 87.7 Å². The first-order valence-corrected chi connectivity index (χ1v) is 16.4. The van der Waals surface area contributed by atoms with E-state index in [0.29, 0.717) is 59.8 Å². The second kappa shape index (κ2) is 12.7. The van der Waals surface area contributed by atoms with Gasteiger partial charge in [-0.25, -0.2) is 37.9 Å². The highest BCUT2D eigenvalue weighted by atomic mass is 19.3. The van der Waals surface area contributed by atoms with Gasteiger partial charge in [0.15, 0.2) is 17.2 Å². The molecule has 0 unspecified atom stereocenters. The van der Waals surface area contributed by atoms with Gasteiger partial charge in [0.05, 0.1) is 38.6 Å². The fraction of sp³-hybridized carbons (Fsp3) is 0.361. The zero-order valence-corrected chi connectivity index (χ0v) is 27.5. The normalized spacial score (nSPS) is 21.3. The monoisotopic (exact) mass is 700 g/mol. The molecule has 1 aromatic carbocycles. The molecule has 0 radical (unpaired) electrons. The van der Waals surface area contributed by atoms with Crippen molar-refractivity contribution >= 4 is 39.5 Å². The van der Waals surface area contributed by atoms with Crippen LogP contribution in [0.2, 0.25) is 0 Å². The van der Waals surface area contributed by atoms with E-state index in [9.17, 15) is 23.1 Å². The molecule has 1 spiro atoms. The molecule has 4 aromatic heterocycles. The molecule has 3 aliphatic heterocycles. The number of aliphatic carboxylic acids is 1. The van der Waals surface area contributed by atoms with Crippen LogP contribution in [0.4, 0.5) is 24.7 Å². The van der Waals surface area contributed by atoms with Crippen LogP contribution in [-0.2, 0) is 14.3 Å². The zero-order valence-electron chi connectivity index (χ0n) is 27.5. The van der Waals surface area contributed by atoms with Gasteiger partial charge in [0.25, 0.3) is 6.43 Å². The second-order valence-corrected chi connectivity index (χ2v) is 12.9. The number of hydrogen-bond donors (Lipinski definition) is 1. The Labute approximate surface area is 289 Å².